The molecule has 1 aliphatic rings. The van der Waals surface area contributed by atoms with Crippen molar-refractivity contribution in [3.8, 4) is 0 Å². The molecule has 1 saturated heterocycles. The summed E-state index contributed by atoms with van der Waals surface area (Å²) in [6.07, 6.45) is 3.83. The molecule has 0 aromatic rings. The van der Waals surface area contributed by atoms with Crippen LogP contribution in [-0.4, -0.2) is 56.4 Å². The Labute approximate surface area is 110 Å². The third kappa shape index (κ3) is 5.33. The number of esters is 1. The minimum Gasteiger partial charge on any atom is -0.469 e. The second-order valence-electron chi connectivity index (χ2n) is 4.88. The Morgan fingerprint density at radius 1 is 1.44 bits per heavy atom. The van der Waals surface area contributed by atoms with Crippen LogP contribution in [-0.2, 0) is 14.3 Å². The molecule has 2 N–H and O–H groups in total. The highest BCUT2D eigenvalue weighted by atomic mass is 16.5. The van der Waals surface area contributed by atoms with Gasteiger partial charge < -0.3 is 15.2 Å². The van der Waals surface area contributed by atoms with Gasteiger partial charge in [0, 0.05) is 25.7 Å². The number of ether oxygens (including phenoxy) is 2. The van der Waals surface area contributed by atoms with Crippen LogP contribution in [0, 0.1) is 0 Å². The highest BCUT2D eigenvalue weighted by Gasteiger charge is 2.24. The minimum absolute atomic E-state index is 0.135. The predicted octanol–water partition coefficient (Wildman–Crippen LogP) is 0.768. The summed E-state index contributed by atoms with van der Waals surface area (Å²) in [7, 11) is 1.44. The summed E-state index contributed by atoms with van der Waals surface area (Å²) in [4.78, 5) is 13.6. The summed E-state index contributed by atoms with van der Waals surface area (Å²) in [5, 5.41) is 0. The largest absolute Gasteiger partial charge is 0.469 e. The van der Waals surface area contributed by atoms with Crippen LogP contribution in [0.5, 0.6) is 0 Å². The van der Waals surface area contributed by atoms with Crippen molar-refractivity contribution in [2.24, 2.45) is 5.73 Å². The first-order valence-electron chi connectivity index (χ1n) is 6.80. The Morgan fingerprint density at radius 3 is 2.67 bits per heavy atom. The van der Waals surface area contributed by atoms with Gasteiger partial charge in [0.2, 0.25) is 0 Å². The van der Waals surface area contributed by atoms with Crippen molar-refractivity contribution in [2.75, 3.05) is 33.4 Å². The first kappa shape index (κ1) is 15.4. The van der Waals surface area contributed by atoms with Gasteiger partial charge in [-0.15, -0.1) is 0 Å². The van der Waals surface area contributed by atoms with Crippen molar-refractivity contribution < 1.29 is 14.3 Å². The molecule has 0 spiro atoms. The van der Waals surface area contributed by atoms with E-state index in [4.69, 9.17) is 15.2 Å². The summed E-state index contributed by atoms with van der Waals surface area (Å²) in [6.45, 7) is 5.51. The zero-order valence-corrected chi connectivity index (χ0v) is 11.6. The van der Waals surface area contributed by atoms with Crippen LogP contribution in [0.15, 0.2) is 0 Å². The van der Waals surface area contributed by atoms with E-state index in [0.717, 1.165) is 39.0 Å². The zero-order chi connectivity index (χ0) is 13.4. The van der Waals surface area contributed by atoms with Crippen molar-refractivity contribution in [1.82, 2.24) is 4.90 Å². The van der Waals surface area contributed by atoms with E-state index in [0.29, 0.717) is 19.1 Å². The molecular formula is C13H26N2O3. The minimum atomic E-state index is -0.135. The molecule has 0 aromatic heterocycles. The second-order valence-corrected chi connectivity index (χ2v) is 4.88. The number of piperidine rings is 1. The zero-order valence-electron chi connectivity index (χ0n) is 11.6. The van der Waals surface area contributed by atoms with Gasteiger partial charge in [0.25, 0.3) is 0 Å². The summed E-state index contributed by atoms with van der Waals surface area (Å²) in [5.41, 5.74) is 5.43. The lowest BCUT2D eigenvalue weighted by Crippen LogP contribution is -2.43. The normalized spacial score (nSPS) is 19.7. The van der Waals surface area contributed by atoms with E-state index in [9.17, 15) is 4.79 Å². The number of likely N-dealkylation sites (tertiary alicyclic amines) is 1. The number of nitrogens with two attached hydrogens (primary N) is 1. The fourth-order valence-electron chi connectivity index (χ4n) is 2.27. The first-order valence-corrected chi connectivity index (χ1v) is 6.80. The van der Waals surface area contributed by atoms with Crippen molar-refractivity contribution in [2.45, 2.75) is 44.8 Å². The van der Waals surface area contributed by atoms with E-state index in [1.54, 1.807) is 0 Å². The lowest BCUT2D eigenvalue weighted by atomic mass is 10.0. The van der Waals surface area contributed by atoms with Gasteiger partial charge in [0.1, 0.15) is 0 Å². The SMILES string of the molecule is COC(=O)CC(C)N1CCC(OCCCN)CC1. The van der Waals surface area contributed by atoms with E-state index >= 15 is 0 Å². The van der Waals surface area contributed by atoms with Crippen LogP contribution in [0.25, 0.3) is 0 Å². The van der Waals surface area contributed by atoms with Gasteiger partial charge >= 0.3 is 5.97 Å². The molecule has 0 amide bonds. The number of rotatable bonds is 7. The van der Waals surface area contributed by atoms with E-state index < -0.39 is 0 Å². The first-order chi connectivity index (χ1) is 8.67. The number of hydrogen-bond donors (Lipinski definition) is 1. The molecule has 106 valence electrons. The summed E-state index contributed by atoms with van der Waals surface area (Å²) in [5.74, 6) is -0.135. The monoisotopic (exact) mass is 258 g/mol. The number of carbonyl (C=O) groups excluding carboxylic acids is 1. The van der Waals surface area contributed by atoms with Crippen molar-refractivity contribution in [3.05, 3.63) is 0 Å². The topological polar surface area (TPSA) is 64.8 Å². The van der Waals surface area contributed by atoms with Gasteiger partial charge in [0.15, 0.2) is 0 Å². The Bertz CT molecular complexity index is 240. The predicted molar refractivity (Wildman–Crippen MR) is 70.3 cm³/mol. The molecule has 1 heterocycles. The highest BCUT2D eigenvalue weighted by molar-refractivity contribution is 5.69. The molecule has 1 rings (SSSR count). The third-order valence-electron chi connectivity index (χ3n) is 3.49. The molecule has 1 atom stereocenters. The van der Waals surface area contributed by atoms with Crippen molar-refractivity contribution in [3.63, 3.8) is 0 Å². The Balaban J connectivity index is 2.19. The Kier molecular flexibility index (Phi) is 7.23. The maximum absolute atomic E-state index is 11.2. The van der Waals surface area contributed by atoms with Crippen LogP contribution in [0.3, 0.4) is 0 Å². The molecule has 1 unspecified atom stereocenters. The van der Waals surface area contributed by atoms with Crippen LogP contribution in [0.4, 0.5) is 0 Å². The number of carbonyl (C=O) groups is 1. The molecule has 18 heavy (non-hydrogen) atoms. The van der Waals surface area contributed by atoms with Gasteiger partial charge in [-0.2, -0.15) is 0 Å². The molecule has 5 nitrogen and oxygen atoms in total. The molecule has 1 aliphatic heterocycles. The fraction of sp³-hybridized carbons (Fsp3) is 0.923. The van der Waals surface area contributed by atoms with Gasteiger partial charge in [-0.1, -0.05) is 0 Å². The molecule has 1 fully saturated rings. The van der Waals surface area contributed by atoms with E-state index in [1.807, 2.05) is 0 Å². The Hall–Kier alpha value is -0.650. The molecular weight excluding hydrogens is 232 g/mol. The molecule has 0 aromatic carbocycles. The lowest BCUT2D eigenvalue weighted by Gasteiger charge is -2.35. The molecule has 5 heteroatoms. The summed E-state index contributed by atoms with van der Waals surface area (Å²) < 4.78 is 10.5. The standard InChI is InChI=1S/C13H26N2O3/c1-11(10-13(16)17-2)15-7-4-12(5-8-15)18-9-3-6-14/h11-12H,3-10,14H2,1-2H3. The van der Waals surface area contributed by atoms with Gasteiger partial charge in [0.05, 0.1) is 19.6 Å². The van der Waals surface area contributed by atoms with Crippen LogP contribution in [0.2, 0.25) is 0 Å². The number of methoxy groups -OCH3 is 1. The summed E-state index contributed by atoms with van der Waals surface area (Å²) >= 11 is 0. The van der Waals surface area contributed by atoms with Crippen molar-refractivity contribution >= 4 is 5.97 Å². The van der Waals surface area contributed by atoms with E-state index in [1.165, 1.54) is 7.11 Å². The molecule has 0 saturated carbocycles. The quantitative estimate of drug-likeness (QED) is 0.540. The average Bonchev–Trinajstić information content (AvgIpc) is 2.39. The van der Waals surface area contributed by atoms with Gasteiger partial charge in [-0.05, 0) is 32.7 Å². The average molecular weight is 258 g/mol. The summed E-state index contributed by atoms with van der Waals surface area (Å²) in [6, 6.07) is 0.252. The van der Waals surface area contributed by atoms with Crippen LogP contribution >= 0.6 is 0 Å². The Morgan fingerprint density at radius 2 is 2.11 bits per heavy atom. The maximum atomic E-state index is 11.2. The highest BCUT2D eigenvalue weighted by Crippen LogP contribution is 2.17. The molecule has 0 aliphatic carbocycles. The van der Waals surface area contributed by atoms with E-state index in [-0.39, 0.29) is 12.0 Å². The third-order valence-corrected chi connectivity index (χ3v) is 3.49. The van der Waals surface area contributed by atoms with Crippen LogP contribution in [0.1, 0.15) is 32.6 Å². The van der Waals surface area contributed by atoms with Crippen molar-refractivity contribution in [1.29, 1.82) is 0 Å². The second kappa shape index (κ2) is 8.45. The van der Waals surface area contributed by atoms with Gasteiger partial charge in [-0.25, -0.2) is 0 Å². The number of nitrogens with zero attached hydrogens (tertiary/aromatic N) is 1. The van der Waals surface area contributed by atoms with Crippen LogP contribution < -0.4 is 5.73 Å². The molecule has 0 bridgehead atoms. The number of hydrogen-bond acceptors (Lipinski definition) is 5. The fourth-order valence-corrected chi connectivity index (χ4v) is 2.27. The lowest BCUT2D eigenvalue weighted by molar-refractivity contribution is -0.142. The smallest absolute Gasteiger partial charge is 0.307 e. The van der Waals surface area contributed by atoms with E-state index in [2.05, 4.69) is 11.8 Å². The molecule has 0 radical (unpaired) electrons. The maximum Gasteiger partial charge on any atom is 0.307 e. The van der Waals surface area contributed by atoms with Gasteiger partial charge in [-0.3, -0.25) is 9.69 Å².